The van der Waals surface area contributed by atoms with Gasteiger partial charge in [0.25, 0.3) is 0 Å². The van der Waals surface area contributed by atoms with Crippen LogP contribution in [0.5, 0.6) is 0 Å². The molecule has 0 aliphatic rings. The number of terminal acetylenes is 1. The maximum absolute atomic E-state index is 10.8. The molecular formula is C12H14N2O2. The molecule has 4 nitrogen and oxygen atoms in total. The van der Waals surface area contributed by atoms with Crippen LogP contribution in [0.1, 0.15) is 29.9 Å². The molecular weight excluding hydrogens is 204 g/mol. The number of nitrogens with zero attached hydrogens (tertiary/aromatic N) is 1. The first-order valence-corrected chi connectivity index (χ1v) is 4.82. The van der Waals surface area contributed by atoms with E-state index in [9.17, 15) is 4.79 Å². The third kappa shape index (κ3) is 2.99. The van der Waals surface area contributed by atoms with Gasteiger partial charge in [0.05, 0.1) is 11.1 Å². The highest BCUT2D eigenvalue weighted by Crippen LogP contribution is 2.15. The van der Waals surface area contributed by atoms with E-state index < -0.39 is 11.5 Å². The SMILES string of the molecule is C#CC(C)(C)Nc1cc(C(=O)O)cc(C)n1. The summed E-state index contributed by atoms with van der Waals surface area (Å²) in [7, 11) is 0. The van der Waals surface area contributed by atoms with E-state index in [-0.39, 0.29) is 5.56 Å². The highest BCUT2D eigenvalue weighted by atomic mass is 16.4. The molecule has 0 aliphatic carbocycles. The Hall–Kier alpha value is -2.02. The average molecular weight is 218 g/mol. The van der Waals surface area contributed by atoms with E-state index in [2.05, 4.69) is 16.2 Å². The number of pyridine rings is 1. The van der Waals surface area contributed by atoms with Crippen molar-refractivity contribution in [3.8, 4) is 12.3 Å². The number of rotatable bonds is 3. The van der Waals surface area contributed by atoms with Crippen LogP contribution < -0.4 is 5.32 Å². The molecule has 0 amide bonds. The lowest BCUT2D eigenvalue weighted by Gasteiger charge is -2.20. The van der Waals surface area contributed by atoms with Gasteiger partial charge < -0.3 is 10.4 Å². The van der Waals surface area contributed by atoms with Crippen LogP contribution in [0.3, 0.4) is 0 Å². The molecule has 16 heavy (non-hydrogen) atoms. The number of aromatic carboxylic acids is 1. The fourth-order valence-electron chi connectivity index (χ4n) is 1.21. The molecule has 0 saturated heterocycles. The van der Waals surface area contributed by atoms with Crippen molar-refractivity contribution in [2.24, 2.45) is 0 Å². The molecule has 0 fully saturated rings. The van der Waals surface area contributed by atoms with Crippen molar-refractivity contribution in [3.05, 3.63) is 23.4 Å². The molecule has 4 heteroatoms. The Morgan fingerprint density at radius 1 is 1.56 bits per heavy atom. The molecule has 0 aromatic carbocycles. The van der Waals surface area contributed by atoms with Crippen LogP contribution in [0.25, 0.3) is 0 Å². The van der Waals surface area contributed by atoms with Crippen molar-refractivity contribution in [2.45, 2.75) is 26.3 Å². The Morgan fingerprint density at radius 3 is 2.69 bits per heavy atom. The second kappa shape index (κ2) is 4.23. The molecule has 1 aromatic rings. The summed E-state index contributed by atoms with van der Waals surface area (Å²) in [5, 5.41) is 11.9. The summed E-state index contributed by atoms with van der Waals surface area (Å²) in [4.78, 5) is 15.0. The third-order valence-corrected chi connectivity index (χ3v) is 2.00. The first-order valence-electron chi connectivity index (χ1n) is 4.82. The van der Waals surface area contributed by atoms with E-state index >= 15 is 0 Å². The molecule has 0 aliphatic heterocycles. The number of aryl methyl sites for hydroxylation is 1. The van der Waals surface area contributed by atoms with E-state index in [1.807, 2.05) is 13.8 Å². The summed E-state index contributed by atoms with van der Waals surface area (Å²) in [6, 6.07) is 2.98. The molecule has 0 spiro atoms. The van der Waals surface area contributed by atoms with E-state index in [0.29, 0.717) is 11.5 Å². The van der Waals surface area contributed by atoms with Crippen LogP contribution in [-0.4, -0.2) is 21.6 Å². The third-order valence-electron chi connectivity index (χ3n) is 2.00. The Kier molecular flexibility index (Phi) is 3.19. The summed E-state index contributed by atoms with van der Waals surface area (Å²) in [6.07, 6.45) is 5.33. The van der Waals surface area contributed by atoms with E-state index in [0.717, 1.165) is 0 Å². The normalized spacial score (nSPS) is 10.6. The van der Waals surface area contributed by atoms with Gasteiger partial charge in [-0.2, -0.15) is 0 Å². The molecule has 1 rings (SSSR count). The van der Waals surface area contributed by atoms with Crippen LogP contribution in [-0.2, 0) is 0 Å². The second-order valence-electron chi connectivity index (χ2n) is 4.08. The van der Waals surface area contributed by atoms with Crippen molar-refractivity contribution in [1.82, 2.24) is 4.98 Å². The lowest BCUT2D eigenvalue weighted by molar-refractivity contribution is 0.0696. The Labute approximate surface area is 94.7 Å². The smallest absolute Gasteiger partial charge is 0.335 e. The van der Waals surface area contributed by atoms with Crippen molar-refractivity contribution < 1.29 is 9.90 Å². The standard InChI is InChI=1S/C12H14N2O2/c1-5-12(3,4)14-10-7-9(11(15)16)6-8(2)13-10/h1,6-7H,2-4H3,(H,13,14)(H,15,16). The molecule has 0 bridgehead atoms. The summed E-state index contributed by atoms with van der Waals surface area (Å²) in [5.41, 5.74) is 0.273. The van der Waals surface area contributed by atoms with Gasteiger partial charge >= 0.3 is 5.97 Å². The van der Waals surface area contributed by atoms with E-state index in [4.69, 9.17) is 11.5 Å². The monoisotopic (exact) mass is 218 g/mol. The van der Waals surface area contributed by atoms with Crippen molar-refractivity contribution in [2.75, 3.05) is 5.32 Å². The Bertz CT molecular complexity index is 459. The summed E-state index contributed by atoms with van der Waals surface area (Å²) in [6.45, 7) is 5.37. The fraction of sp³-hybridized carbons (Fsp3) is 0.333. The first-order chi connectivity index (χ1) is 7.34. The van der Waals surface area contributed by atoms with Gasteiger partial charge in [-0.3, -0.25) is 0 Å². The molecule has 1 heterocycles. The van der Waals surface area contributed by atoms with Crippen LogP contribution in [0.15, 0.2) is 12.1 Å². The molecule has 0 radical (unpaired) electrons. The number of aromatic nitrogens is 1. The number of anilines is 1. The molecule has 0 saturated carbocycles. The van der Waals surface area contributed by atoms with Crippen LogP contribution in [0.2, 0.25) is 0 Å². The summed E-state index contributed by atoms with van der Waals surface area (Å²) in [5.74, 6) is 2.05. The fourth-order valence-corrected chi connectivity index (χ4v) is 1.21. The second-order valence-corrected chi connectivity index (χ2v) is 4.08. The topological polar surface area (TPSA) is 62.2 Å². The van der Waals surface area contributed by atoms with E-state index in [1.54, 1.807) is 6.92 Å². The Morgan fingerprint density at radius 2 is 2.19 bits per heavy atom. The largest absolute Gasteiger partial charge is 0.478 e. The lowest BCUT2D eigenvalue weighted by atomic mass is 10.1. The zero-order valence-corrected chi connectivity index (χ0v) is 9.53. The maximum Gasteiger partial charge on any atom is 0.335 e. The zero-order chi connectivity index (χ0) is 12.3. The number of hydrogen-bond donors (Lipinski definition) is 2. The molecule has 1 aromatic heterocycles. The van der Waals surface area contributed by atoms with Crippen molar-refractivity contribution >= 4 is 11.8 Å². The number of hydrogen-bond acceptors (Lipinski definition) is 3. The highest BCUT2D eigenvalue weighted by molar-refractivity contribution is 5.88. The minimum absolute atomic E-state index is 0.197. The highest BCUT2D eigenvalue weighted by Gasteiger charge is 2.15. The number of carboxylic acid groups (broad SMARTS) is 1. The van der Waals surface area contributed by atoms with Gasteiger partial charge in [-0.25, -0.2) is 9.78 Å². The Balaban J connectivity index is 3.07. The quantitative estimate of drug-likeness (QED) is 0.761. The molecule has 84 valence electrons. The average Bonchev–Trinajstić information content (AvgIpc) is 2.16. The molecule has 2 N–H and O–H groups in total. The maximum atomic E-state index is 10.8. The van der Waals surface area contributed by atoms with Crippen LogP contribution in [0.4, 0.5) is 5.82 Å². The van der Waals surface area contributed by atoms with Crippen LogP contribution >= 0.6 is 0 Å². The zero-order valence-electron chi connectivity index (χ0n) is 9.53. The van der Waals surface area contributed by atoms with Crippen molar-refractivity contribution in [3.63, 3.8) is 0 Å². The van der Waals surface area contributed by atoms with Gasteiger partial charge in [-0.1, -0.05) is 5.92 Å². The minimum atomic E-state index is -0.980. The summed E-state index contributed by atoms with van der Waals surface area (Å²) >= 11 is 0. The van der Waals surface area contributed by atoms with Gasteiger partial charge in [0.15, 0.2) is 0 Å². The first kappa shape index (κ1) is 12.1. The van der Waals surface area contributed by atoms with Gasteiger partial charge in [0, 0.05) is 5.69 Å². The molecule has 0 atom stereocenters. The van der Waals surface area contributed by atoms with Crippen molar-refractivity contribution in [1.29, 1.82) is 0 Å². The van der Waals surface area contributed by atoms with Gasteiger partial charge in [0.1, 0.15) is 5.82 Å². The number of carbonyl (C=O) groups is 1. The minimum Gasteiger partial charge on any atom is -0.478 e. The molecule has 0 unspecified atom stereocenters. The van der Waals surface area contributed by atoms with Gasteiger partial charge in [-0.05, 0) is 32.9 Å². The predicted molar refractivity (Wildman–Crippen MR) is 62.5 cm³/mol. The summed E-state index contributed by atoms with van der Waals surface area (Å²) < 4.78 is 0. The number of nitrogens with one attached hydrogen (secondary N) is 1. The van der Waals surface area contributed by atoms with Gasteiger partial charge in [0.2, 0.25) is 0 Å². The lowest BCUT2D eigenvalue weighted by Crippen LogP contribution is -2.29. The van der Waals surface area contributed by atoms with E-state index in [1.165, 1.54) is 12.1 Å². The van der Waals surface area contributed by atoms with Gasteiger partial charge in [-0.15, -0.1) is 6.42 Å². The number of carboxylic acids is 1. The predicted octanol–water partition coefficient (Wildman–Crippen LogP) is 1.91. The van der Waals surface area contributed by atoms with Crippen LogP contribution in [0, 0.1) is 19.3 Å².